The number of hydrogen-bond donors (Lipinski definition) is 2. The zero-order valence-corrected chi connectivity index (χ0v) is 13.7. The fourth-order valence-corrected chi connectivity index (χ4v) is 3.31. The average Bonchev–Trinajstić information content (AvgIpc) is 3.13. The third-order valence-electron chi connectivity index (χ3n) is 3.73. The highest BCUT2D eigenvalue weighted by molar-refractivity contribution is 7.89. The van der Waals surface area contributed by atoms with Crippen molar-refractivity contribution in [2.45, 2.75) is 37.8 Å². The lowest BCUT2D eigenvalue weighted by Crippen LogP contribution is -2.25. The van der Waals surface area contributed by atoms with Crippen molar-refractivity contribution in [3.8, 4) is 0 Å². The quantitative estimate of drug-likeness (QED) is 0.879. The van der Waals surface area contributed by atoms with Crippen LogP contribution < -0.4 is 10.0 Å². The van der Waals surface area contributed by atoms with Crippen molar-refractivity contribution in [3.05, 3.63) is 47.2 Å². The molecule has 0 spiro atoms. The molecule has 0 unspecified atom stereocenters. The van der Waals surface area contributed by atoms with Gasteiger partial charge in [0, 0.05) is 11.7 Å². The molecule has 3 rings (SSSR count). The summed E-state index contributed by atoms with van der Waals surface area (Å²) in [5.74, 6) is -0.527. The van der Waals surface area contributed by atoms with Crippen LogP contribution >= 0.6 is 0 Å². The van der Waals surface area contributed by atoms with E-state index in [1.165, 1.54) is 12.1 Å². The summed E-state index contributed by atoms with van der Waals surface area (Å²) in [4.78, 5) is 12.2. The summed E-state index contributed by atoms with van der Waals surface area (Å²) in [6.07, 6.45) is 1.67. The summed E-state index contributed by atoms with van der Waals surface area (Å²) < 4.78 is 31.8. The van der Waals surface area contributed by atoms with Gasteiger partial charge in [0.15, 0.2) is 5.76 Å². The van der Waals surface area contributed by atoms with E-state index in [1.54, 1.807) is 6.07 Å². The van der Waals surface area contributed by atoms with E-state index in [-0.39, 0.29) is 16.9 Å². The molecular weight excluding hydrogens is 316 g/mol. The molecule has 122 valence electrons. The molecule has 7 heteroatoms. The van der Waals surface area contributed by atoms with E-state index in [4.69, 9.17) is 4.42 Å². The Hall–Kier alpha value is -2.12. The molecule has 0 radical (unpaired) electrons. The number of sulfonamides is 1. The molecule has 0 atom stereocenters. The second-order valence-corrected chi connectivity index (χ2v) is 7.41. The second-order valence-electron chi connectivity index (χ2n) is 5.77. The number of rotatable bonds is 5. The lowest BCUT2D eigenvalue weighted by atomic mass is 10.1. The summed E-state index contributed by atoms with van der Waals surface area (Å²) in [5.41, 5.74) is 2.81. The first-order valence-corrected chi connectivity index (χ1v) is 8.84. The Bertz CT molecular complexity index is 851. The topological polar surface area (TPSA) is 88.4 Å². The van der Waals surface area contributed by atoms with Gasteiger partial charge in [-0.25, -0.2) is 13.1 Å². The number of benzene rings is 1. The number of anilines is 1. The van der Waals surface area contributed by atoms with Gasteiger partial charge in [-0.1, -0.05) is 6.07 Å². The Morgan fingerprint density at radius 2 is 1.87 bits per heavy atom. The Morgan fingerprint density at radius 3 is 2.52 bits per heavy atom. The molecule has 1 amide bonds. The van der Waals surface area contributed by atoms with Crippen LogP contribution in [0.15, 0.2) is 39.8 Å². The largest absolute Gasteiger partial charge is 0.438 e. The maximum atomic E-state index is 12.2. The molecule has 0 bridgehead atoms. The van der Waals surface area contributed by atoms with Gasteiger partial charge >= 0.3 is 0 Å². The summed E-state index contributed by atoms with van der Waals surface area (Å²) in [6.45, 7) is 3.93. The minimum atomic E-state index is -3.69. The van der Waals surface area contributed by atoms with Gasteiger partial charge < -0.3 is 9.73 Å². The summed E-state index contributed by atoms with van der Waals surface area (Å²) >= 11 is 0. The van der Waals surface area contributed by atoms with Gasteiger partial charge in [-0.3, -0.25) is 4.79 Å². The van der Waals surface area contributed by atoms with Crippen molar-refractivity contribution in [2.75, 3.05) is 5.32 Å². The van der Waals surface area contributed by atoms with Crippen LogP contribution in [0.3, 0.4) is 0 Å². The normalized spacial score (nSPS) is 14.7. The maximum absolute atomic E-state index is 12.2. The number of nitrogens with one attached hydrogen (secondary N) is 2. The van der Waals surface area contributed by atoms with Crippen LogP contribution in [0.2, 0.25) is 0 Å². The zero-order chi connectivity index (χ0) is 16.6. The summed E-state index contributed by atoms with van der Waals surface area (Å²) in [6, 6.07) is 8.18. The minimum absolute atomic E-state index is 0.0158. The highest BCUT2D eigenvalue weighted by Gasteiger charge is 2.30. The molecule has 1 heterocycles. The van der Waals surface area contributed by atoms with Gasteiger partial charge in [-0.15, -0.1) is 0 Å². The first kappa shape index (κ1) is 15.8. The summed E-state index contributed by atoms with van der Waals surface area (Å²) in [5, 5.41) is 2.46. The smallest absolute Gasteiger partial charge is 0.291 e. The van der Waals surface area contributed by atoms with Crippen LogP contribution in [0.5, 0.6) is 0 Å². The van der Waals surface area contributed by atoms with Gasteiger partial charge in [-0.05, 0) is 62.1 Å². The molecular formula is C16H18N2O4S. The molecule has 1 aliphatic carbocycles. The molecule has 1 aliphatic rings. The van der Waals surface area contributed by atoms with Crippen molar-refractivity contribution in [1.82, 2.24) is 4.72 Å². The Kier molecular flexibility index (Phi) is 3.99. The first-order valence-electron chi connectivity index (χ1n) is 7.36. The highest BCUT2D eigenvalue weighted by atomic mass is 32.2. The average molecular weight is 334 g/mol. The van der Waals surface area contributed by atoms with Gasteiger partial charge in [0.25, 0.3) is 15.9 Å². The van der Waals surface area contributed by atoms with E-state index in [1.807, 2.05) is 26.0 Å². The van der Waals surface area contributed by atoms with Crippen molar-refractivity contribution in [1.29, 1.82) is 0 Å². The van der Waals surface area contributed by atoms with Crippen LogP contribution in [0.4, 0.5) is 5.69 Å². The van der Waals surface area contributed by atoms with Gasteiger partial charge in [-0.2, -0.15) is 0 Å². The van der Waals surface area contributed by atoms with E-state index < -0.39 is 15.9 Å². The number of carbonyl (C=O) groups is 1. The standard InChI is InChI=1S/C16H18N2O4S/c1-10-3-4-13(9-11(10)2)17-16(19)14-7-8-15(22-14)23(20,21)18-12-5-6-12/h3-4,7-9,12,18H,5-6H2,1-2H3,(H,17,19). The lowest BCUT2D eigenvalue weighted by Gasteiger charge is -2.06. The number of aryl methyl sites for hydroxylation is 2. The number of furan rings is 1. The molecule has 2 aromatic rings. The van der Waals surface area contributed by atoms with E-state index in [0.29, 0.717) is 5.69 Å². The number of carbonyl (C=O) groups excluding carboxylic acids is 1. The van der Waals surface area contributed by atoms with Crippen LogP contribution in [0.25, 0.3) is 0 Å². The Labute approximate surface area is 134 Å². The molecule has 1 aromatic carbocycles. The van der Waals surface area contributed by atoms with Gasteiger partial charge in [0.1, 0.15) is 0 Å². The fourth-order valence-electron chi connectivity index (χ4n) is 2.08. The fraction of sp³-hybridized carbons (Fsp3) is 0.312. The molecule has 1 aromatic heterocycles. The van der Waals surface area contributed by atoms with Crippen LogP contribution in [-0.2, 0) is 10.0 Å². The molecule has 1 fully saturated rings. The monoisotopic (exact) mass is 334 g/mol. The lowest BCUT2D eigenvalue weighted by molar-refractivity contribution is 0.0991. The third-order valence-corrected chi connectivity index (χ3v) is 5.13. The maximum Gasteiger partial charge on any atom is 0.291 e. The second kappa shape index (κ2) is 5.82. The molecule has 23 heavy (non-hydrogen) atoms. The van der Waals surface area contributed by atoms with Crippen LogP contribution in [-0.4, -0.2) is 20.4 Å². The van der Waals surface area contributed by atoms with Crippen molar-refractivity contribution >= 4 is 21.6 Å². The van der Waals surface area contributed by atoms with E-state index >= 15 is 0 Å². The number of amides is 1. The van der Waals surface area contributed by atoms with Crippen molar-refractivity contribution < 1.29 is 17.6 Å². The molecule has 0 saturated heterocycles. The van der Waals surface area contributed by atoms with Crippen molar-refractivity contribution in [3.63, 3.8) is 0 Å². The Morgan fingerprint density at radius 1 is 1.13 bits per heavy atom. The van der Waals surface area contributed by atoms with Crippen LogP contribution in [0.1, 0.15) is 34.5 Å². The molecule has 0 aliphatic heterocycles. The predicted molar refractivity (Wildman–Crippen MR) is 85.9 cm³/mol. The third kappa shape index (κ3) is 3.62. The van der Waals surface area contributed by atoms with E-state index in [9.17, 15) is 13.2 Å². The van der Waals surface area contributed by atoms with Gasteiger partial charge in [0.05, 0.1) is 0 Å². The van der Waals surface area contributed by atoms with Crippen LogP contribution in [0, 0.1) is 13.8 Å². The van der Waals surface area contributed by atoms with Gasteiger partial charge in [0.2, 0.25) is 5.09 Å². The number of hydrogen-bond acceptors (Lipinski definition) is 4. The van der Waals surface area contributed by atoms with Crippen molar-refractivity contribution in [2.24, 2.45) is 0 Å². The predicted octanol–water partition coefficient (Wildman–Crippen LogP) is 2.59. The minimum Gasteiger partial charge on any atom is -0.438 e. The highest BCUT2D eigenvalue weighted by Crippen LogP contribution is 2.23. The molecule has 6 nitrogen and oxygen atoms in total. The SMILES string of the molecule is Cc1ccc(NC(=O)c2ccc(S(=O)(=O)NC3CC3)o2)cc1C. The van der Waals surface area contributed by atoms with E-state index in [2.05, 4.69) is 10.0 Å². The van der Waals surface area contributed by atoms with E-state index in [0.717, 1.165) is 24.0 Å². The molecule has 1 saturated carbocycles. The zero-order valence-electron chi connectivity index (χ0n) is 12.9. The first-order chi connectivity index (χ1) is 10.8. The molecule has 2 N–H and O–H groups in total. The summed E-state index contributed by atoms with van der Waals surface area (Å²) in [7, 11) is -3.69. The Balaban J connectivity index is 1.74.